The van der Waals surface area contributed by atoms with Crippen LogP contribution in [0.2, 0.25) is 5.02 Å². The third-order valence-electron chi connectivity index (χ3n) is 4.73. The first-order valence-electron chi connectivity index (χ1n) is 9.61. The Morgan fingerprint density at radius 1 is 1.23 bits per heavy atom. The van der Waals surface area contributed by atoms with E-state index in [0.717, 1.165) is 0 Å². The maximum atomic E-state index is 13.2. The van der Waals surface area contributed by atoms with Crippen LogP contribution >= 0.6 is 11.6 Å². The molecule has 1 N–H and O–H groups in total. The number of nitrogens with one attached hydrogen (secondary N) is 1. The van der Waals surface area contributed by atoms with Crippen LogP contribution in [0.15, 0.2) is 36.4 Å². The molecule has 0 bridgehead atoms. The van der Waals surface area contributed by atoms with Crippen LogP contribution in [0.4, 0.5) is 20.6 Å². The van der Waals surface area contributed by atoms with Gasteiger partial charge in [0.25, 0.3) is 0 Å². The quantitative estimate of drug-likeness (QED) is 0.747. The molecule has 0 saturated heterocycles. The summed E-state index contributed by atoms with van der Waals surface area (Å²) in [6.45, 7) is 6.68. The van der Waals surface area contributed by atoms with Crippen molar-refractivity contribution >= 4 is 34.9 Å². The second-order valence-corrected chi connectivity index (χ2v) is 8.67. The topological polar surface area (TPSA) is 61.9 Å². The molecule has 0 fully saturated rings. The summed E-state index contributed by atoms with van der Waals surface area (Å²) >= 11 is 6.05. The minimum absolute atomic E-state index is 0.0152. The first kappa shape index (κ1) is 21.9. The van der Waals surface area contributed by atoms with Crippen molar-refractivity contribution in [2.24, 2.45) is 5.41 Å². The summed E-state index contributed by atoms with van der Waals surface area (Å²) in [6.07, 6.45) is 0. The Balaban J connectivity index is 1.75. The number of rotatable bonds is 3. The van der Waals surface area contributed by atoms with Crippen LogP contribution in [0.5, 0.6) is 5.75 Å². The molecule has 2 aromatic carbocycles. The predicted molar refractivity (Wildman–Crippen MR) is 116 cm³/mol. The summed E-state index contributed by atoms with van der Waals surface area (Å²) in [6, 6.07) is 8.90. The summed E-state index contributed by atoms with van der Waals surface area (Å²) in [5.41, 5.74) is 1.26. The van der Waals surface area contributed by atoms with Crippen LogP contribution in [-0.2, 0) is 11.3 Å². The monoisotopic (exact) mass is 433 g/mol. The highest BCUT2D eigenvalue weighted by molar-refractivity contribution is 6.31. The number of urea groups is 1. The van der Waals surface area contributed by atoms with Gasteiger partial charge in [-0.05, 0) is 35.9 Å². The normalized spacial score (nSPS) is 13.3. The molecule has 0 radical (unpaired) electrons. The van der Waals surface area contributed by atoms with E-state index in [1.807, 2.05) is 20.8 Å². The van der Waals surface area contributed by atoms with Gasteiger partial charge in [-0.3, -0.25) is 4.79 Å². The molecule has 1 aliphatic heterocycles. The molecule has 3 amide bonds. The lowest BCUT2D eigenvalue weighted by Gasteiger charge is -2.34. The fourth-order valence-electron chi connectivity index (χ4n) is 3.11. The average molecular weight is 434 g/mol. The molecule has 1 aliphatic rings. The number of ether oxygens (including phenoxy) is 1. The summed E-state index contributed by atoms with van der Waals surface area (Å²) < 4.78 is 18.9. The number of benzene rings is 2. The Morgan fingerprint density at radius 3 is 2.63 bits per heavy atom. The lowest BCUT2D eigenvalue weighted by Crippen LogP contribution is -2.44. The largest absolute Gasteiger partial charge is 0.490 e. The number of fused-ring (bicyclic) bond motifs is 1. The highest BCUT2D eigenvalue weighted by Gasteiger charge is 2.32. The third kappa shape index (κ3) is 4.84. The van der Waals surface area contributed by atoms with E-state index in [0.29, 0.717) is 35.8 Å². The smallest absolute Gasteiger partial charge is 0.321 e. The van der Waals surface area contributed by atoms with Gasteiger partial charge in [-0.1, -0.05) is 38.4 Å². The number of halogens is 2. The van der Waals surface area contributed by atoms with Gasteiger partial charge in [0, 0.05) is 29.7 Å². The predicted octanol–water partition coefficient (Wildman–Crippen LogP) is 4.91. The zero-order valence-corrected chi connectivity index (χ0v) is 18.2. The van der Waals surface area contributed by atoms with Gasteiger partial charge in [-0.15, -0.1) is 0 Å². The molecule has 8 heteroatoms. The van der Waals surface area contributed by atoms with E-state index in [-0.39, 0.29) is 23.5 Å². The zero-order chi connectivity index (χ0) is 22.1. The summed E-state index contributed by atoms with van der Waals surface area (Å²) in [7, 11) is 1.62. The number of carbonyl (C=O) groups is 2. The molecule has 1 heterocycles. The molecule has 0 atom stereocenters. The van der Waals surface area contributed by atoms with Crippen LogP contribution in [0.1, 0.15) is 26.3 Å². The van der Waals surface area contributed by atoms with Crippen LogP contribution < -0.4 is 15.0 Å². The van der Waals surface area contributed by atoms with Crippen LogP contribution in [0.3, 0.4) is 0 Å². The summed E-state index contributed by atoms with van der Waals surface area (Å²) in [5.74, 6) is 0.156. The lowest BCUT2D eigenvalue weighted by atomic mass is 9.94. The molecule has 6 nitrogen and oxygen atoms in total. The van der Waals surface area contributed by atoms with E-state index in [1.54, 1.807) is 36.2 Å². The van der Waals surface area contributed by atoms with Crippen molar-refractivity contribution in [1.82, 2.24) is 4.90 Å². The number of amides is 3. The van der Waals surface area contributed by atoms with Crippen molar-refractivity contribution in [3.63, 3.8) is 0 Å². The molecule has 0 aliphatic carbocycles. The molecular weight excluding hydrogens is 409 g/mol. The van der Waals surface area contributed by atoms with E-state index in [9.17, 15) is 14.0 Å². The Hall–Kier alpha value is -2.80. The number of carbonyl (C=O) groups excluding carboxylic acids is 2. The molecule has 2 aromatic rings. The molecule has 0 spiro atoms. The van der Waals surface area contributed by atoms with Crippen LogP contribution in [0, 0.1) is 11.2 Å². The molecule has 160 valence electrons. The van der Waals surface area contributed by atoms with Crippen molar-refractivity contribution in [2.75, 3.05) is 30.4 Å². The number of nitrogens with zero attached hydrogens (tertiary/aromatic N) is 2. The van der Waals surface area contributed by atoms with Crippen molar-refractivity contribution in [1.29, 1.82) is 0 Å². The van der Waals surface area contributed by atoms with Gasteiger partial charge in [-0.2, -0.15) is 0 Å². The van der Waals surface area contributed by atoms with Crippen LogP contribution in [0.25, 0.3) is 0 Å². The van der Waals surface area contributed by atoms with Crippen LogP contribution in [-0.4, -0.2) is 37.0 Å². The Morgan fingerprint density at radius 2 is 1.97 bits per heavy atom. The van der Waals surface area contributed by atoms with Gasteiger partial charge in [0.05, 0.1) is 12.2 Å². The molecular formula is C22H25ClFN3O3. The second-order valence-electron chi connectivity index (χ2n) is 8.26. The van der Waals surface area contributed by atoms with E-state index >= 15 is 0 Å². The Labute approximate surface area is 180 Å². The van der Waals surface area contributed by atoms with E-state index in [2.05, 4.69) is 5.32 Å². The van der Waals surface area contributed by atoms with Gasteiger partial charge in [-0.25, -0.2) is 9.18 Å². The van der Waals surface area contributed by atoms with E-state index in [1.165, 1.54) is 17.0 Å². The van der Waals surface area contributed by atoms with Gasteiger partial charge in [0.15, 0.2) is 0 Å². The van der Waals surface area contributed by atoms with Crippen molar-refractivity contribution in [2.45, 2.75) is 27.3 Å². The molecule has 0 aromatic heterocycles. The van der Waals surface area contributed by atoms with Crippen molar-refractivity contribution < 1.29 is 18.7 Å². The number of hydrogen-bond acceptors (Lipinski definition) is 3. The minimum Gasteiger partial charge on any atom is -0.490 e. The van der Waals surface area contributed by atoms with E-state index in [4.69, 9.17) is 16.3 Å². The standard InChI is InChI=1S/C22H25ClFN3O3/c1-22(2,3)20(28)27-9-10-30-19-8-7-16(12-18(19)27)25-21(29)26(4)13-14-5-6-15(24)11-17(14)23/h5-8,11-12H,9-10,13H2,1-4H3,(H,25,29). The van der Waals surface area contributed by atoms with Gasteiger partial charge >= 0.3 is 6.03 Å². The highest BCUT2D eigenvalue weighted by Crippen LogP contribution is 2.36. The van der Waals surface area contributed by atoms with Gasteiger partial charge in [0.2, 0.25) is 5.91 Å². The first-order chi connectivity index (χ1) is 14.1. The zero-order valence-electron chi connectivity index (χ0n) is 17.5. The lowest BCUT2D eigenvalue weighted by molar-refractivity contribution is -0.126. The van der Waals surface area contributed by atoms with Gasteiger partial charge in [0.1, 0.15) is 18.2 Å². The third-order valence-corrected chi connectivity index (χ3v) is 5.08. The van der Waals surface area contributed by atoms with Crippen molar-refractivity contribution in [3.05, 3.63) is 52.8 Å². The van der Waals surface area contributed by atoms with E-state index < -0.39 is 11.2 Å². The summed E-state index contributed by atoms with van der Waals surface area (Å²) in [4.78, 5) is 28.6. The molecule has 3 rings (SSSR count). The number of hydrogen-bond donors (Lipinski definition) is 1. The average Bonchev–Trinajstić information content (AvgIpc) is 2.68. The van der Waals surface area contributed by atoms with Gasteiger partial charge < -0.3 is 19.9 Å². The highest BCUT2D eigenvalue weighted by atomic mass is 35.5. The summed E-state index contributed by atoms with van der Waals surface area (Å²) in [5, 5.41) is 3.08. The van der Waals surface area contributed by atoms with Crippen molar-refractivity contribution in [3.8, 4) is 5.75 Å². The Kier molecular flexibility index (Phi) is 6.22. The Bertz CT molecular complexity index is 975. The number of anilines is 2. The maximum absolute atomic E-state index is 13.2. The fraction of sp³-hybridized carbons (Fsp3) is 0.364. The first-order valence-corrected chi connectivity index (χ1v) is 9.99. The molecule has 30 heavy (non-hydrogen) atoms. The molecule has 0 unspecified atom stereocenters. The minimum atomic E-state index is -0.539. The molecule has 0 saturated carbocycles. The maximum Gasteiger partial charge on any atom is 0.321 e. The SMILES string of the molecule is CN(Cc1ccc(F)cc1Cl)C(=O)Nc1ccc2c(c1)N(C(=O)C(C)(C)C)CCO2. The second kappa shape index (κ2) is 8.52. The fourth-order valence-corrected chi connectivity index (χ4v) is 3.33.